The van der Waals surface area contributed by atoms with Crippen LogP contribution in [0.2, 0.25) is 0 Å². The Bertz CT molecular complexity index is 392. The molecule has 3 aliphatic rings. The van der Waals surface area contributed by atoms with Gasteiger partial charge in [0.25, 0.3) is 0 Å². The van der Waals surface area contributed by atoms with Crippen molar-refractivity contribution < 1.29 is 14.6 Å². The molecule has 0 spiro atoms. The topological polar surface area (TPSA) is 84.6 Å². The van der Waals surface area contributed by atoms with Gasteiger partial charge in [0.2, 0.25) is 5.91 Å². The molecule has 1 amide bonds. The number of hydrogen-bond donors (Lipinski definition) is 3. The lowest BCUT2D eigenvalue weighted by molar-refractivity contribution is -0.225. The number of nitrogens with one attached hydrogen (secondary N) is 1. The van der Waals surface area contributed by atoms with Crippen LogP contribution in [0, 0.1) is 11.3 Å². The highest BCUT2D eigenvalue weighted by Gasteiger charge is 2.70. The van der Waals surface area contributed by atoms with Crippen LogP contribution < -0.4 is 11.1 Å². The first kappa shape index (κ1) is 13.3. The summed E-state index contributed by atoms with van der Waals surface area (Å²) in [7, 11) is 0. The van der Waals surface area contributed by atoms with Crippen LogP contribution in [-0.4, -0.2) is 41.4 Å². The Hall–Kier alpha value is -0.650. The summed E-state index contributed by atoms with van der Waals surface area (Å²) in [4.78, 5) is 12.6. The van der Waals surface area contributed by atoms with E-state index in [1.165, 1.54) is 0 Å². The molecule has 0 bridgehead atoms. The molecule has 0 radical (unpaired) electrons. The van der Waals surface area contributed by atoms with E-state index in [9.17, 15) is 9.90 Å². The number of carbonyl (C=O) groups is 1. The summed E-state index contributed by atoms with van der Waals surface area (Å²) in [6.45, 7) is 4.82. The van der Waals surface area contributed by atoms with E-state index in [2.05, 4.69) is 5.32 Å². The van der Waals surface area contributed by atoms with Crippen LogP contribution in [0.4, 0.5) is 0 Å². The Balaban J connectivity index is 1.72. The average Bonchev–Trinajstić information content (AvgIpc) is 2.35. The maximum Gasteiger partial charge on any atom is 0.241 e. The lowest BCUT2D eigenvalue weighted by Gasteiger charge is -2.65. The van der Waals surface area contributed by atoms with Crippen molar-refractivity contribution in [2.45, 2.75) is 63.3 Å². The molecule has 3 fully saturated rings. The third-order valence-electron chi connectivity index (χ3n) is 5.51. The minimum Gasteiger partial charge on any atom is -0.393 e. The van der Waals surface area contributed by atoms with Gasteiger partial charge in [-0.15, -0.1) is 0 Å². The van der Waals surface area contributed by atoms with Crippen molar-refractivity contribution in [2.75, 3.05) is 6.61 Å². The zero-order chi connectivity index (χ0) is 13.8. The molecule has 1 aliphatic heterocycles. The summed E-state index contributed by atoms with van der Waals surface area (Å²) in [5, 5.41) is 12.3. The summed E-state index contributed by atoms with van der Waals surface area (Å²) in [5.74, 6) is 0.0578. The molecule has 1 heterocycles. The van der Waals surface area contributed by atoms with Gasteiger partial charge in [0, 0.05) is 24.0 Å². The van der Waals surface area contributed by atoms with E-state index in [4.69, 9.17) is 10.5 Å². The maximum atomic E-state index is 12.6. The van der Waals surface area contributed by atoms with Crippen LogP contribution in [-0.2, 0) is 9.53 Å². The number of nitrogens with two attached hydrogens (primary N) is 1. The van der Waals surface area contributed by atoms with E-state index in [1.54, 1.807) is 0 Å². The largest absolute Gasteiger partial charge is 0.393 e. The molecule has 0 aromatic heterocycles. The summed E-state index contributed by atoms with van der Waals surface area (Å²) in [5.41, 5.74) is 5.32. The number of aliphatic hydroxyl groups is 1. The molecule has 0 aromatic carbocycles. The zero-order valence-corrected chi connectivity index (χ0v) is 11.7. The monoisotopic (exact) mass is 268 g/mol. The van der Waals surface area contributed by atoms with E-state index in [0.717, 1.165) is 19.4 Å². The first-order valence-corrected chi connectivity index (χ1v) is 7.27. The van der Waals surface area contributed by atoms with Crippen molar-refractivity contribution in [3.8, 4) is 0 Å². The highest BCUT2D eigenvalue weighted by atomic mass is 16.5. The van der Waals surface area contributed by atoms with E-state index in [0.29, 0.717) is 12.8 Å². The van der Waals surface area contributed by atoms with E-state index in [-0.39, 0.29) is 35.5 Å². The maximum absolute atomic E-state index is 12.6. The molecule has 3 unspecified atom stereocenters. The van der Waals surface area contributed by atoms with Gasteiger partial charge in [-0.3, -0.25) is 4.79 Å². The number of carbonyl (C=O) groups excluding carboxylic acids is 1. The van der Waals surface area contributed by atoms with Crippen molar-refractivity contribution >= 4 is 5.91 Å². The van der Waals surface area contributed by atoms with E-state index >= 15 is 0 Å². The highest BCUT2D eigenvalue weighted by Crippen LogP contribution is 2.57. The number of amides is 1. The molecule has 1 saturated heterocycles. The Kier molecular flexibility index (Phi) is 2.93. The van der Waals surface area contributed by atoms with Gasteiger partial charge < -0.3 is 20.9 Å². The van der Waals surface area contributed by atoms with Gasteiger partial charge in [-0.05, 0) is 25.7 Å². The van der Waals surface area contributed by atoms with Gasteiger partial charge in [-0.1, -0.05) is 13.8 Å². The molecule has 3 rings (SSSR count). The van der Waals surface area contributed by atoms with Crippen molar-refractivity contribution in [3.05, 3.63) is 0 Å². The molecule has 5 heteroatoms. The molecule has 19 heavy (non-hydrogen) atoms. The Labute approximate surface area is 113 Å². The predicted octanol–water partition coefficient (Wildman–Crippen LogP) is 0.158. The highest BCUT2D eigenvalue weighted by molar-refractivity contribution is 5.89. The van der Waals surface area contributed by atoms with Gasteiger partial charge in [0.15, 0.2) is 0 Å². The molecule has 4 N–H and O–H groups in total. The third-order valence-corrected chi connectivity index (χ3v) is 5.51. The van der Waals surface area contributed by atoms with E-state index in [1.807, 2.05) is 13.8 Å². The Morgan fingerprint density at radius 1 is 1.42 bits per heavy atom. The van der Waals surface area contributed by atoms with Gasteiger partial charge in [0.05, 0.1) is 12.2 Å². The zero-order valence-electron chi connectivity index (χ0n) is 11.7. The summed E-state index contributed by atoms with van der Waals surface area (Å²) < 4.78 is 5.80. The number of fused-ring (bicyclic) bond motifs is 1. The van der Waals surface area contributed by atoms with E-state index < -0.39 is 5.54 Å². The fourth-order valence-electron chi connectivity index (χ4n) is 4.05. The quantitative estimate of drug-likeness (QED) is 0.666. The van der Waals surface area contributed by atoms with Crippen LogP contribution in [0.5, 0.6) is 0 Å². The molecule has 0 aromatic rings. The second kappa shape index (κ2) is 4.17. The van der Waals surface area contributed by atoms with Gasteiger partial charge in [-0.25, -0.2) is 0 Å². The van der Waals surface area contributed by atoms with Crippen LogP contribution in [0.3, 0.4) is 0 Å². The lowest BCUT2D eigenvalue weighted by Crippen LogP contribution is -2.82. The Morgan fingerprint density at radius 3 is 2.74 bits per heavy atom. The number of hydrogen-bond acceptors (Lipinski definition) is 4. The molecule has 5 nitrogen and oxygen atoms in total. The summed E-state index contributed by atoms with van der Waals surface area (Å²) >= 11 is 0. The minimum atomic E-state index is -0.835. The molecule has 2 aliphatic carbocycles. The predicted molar refractivity (Wildman–Crippen MR) is 70.3 cm³/mol. The van der Waals surface area contributed by atoms with Crippen molar-refractivity contribution in [3.63, 3.8) is 0 Å². The minimum absolute atomic E-state index is 0.0684. The lowest BCUT2D eigenvalue weighted by atomic mass is 9.46. The molecule has 3 atom stereocenters. The first-order valence-electron chi connectivity index (χ1n) is 7.27. The number of aliphatic hydroxyl groups excluding tert-OH is 1. The molecular weight excluding hydrogens is 244 g/mol. The standard InChI is InChI=1S/C14H24N2O3/c1-13(2)11-10(4-3-5-19-11)14(13,15)12(18)16-8-6-9(17)7-8/h8-11,17H,3-7,15H2,1-2H3,(H,16,18). The number of ether oxygens (including phenoxy) is 1. The van der Waals surface area contributed by atoms with Crippen LogP contribution in [0.1, 0.15) is 39.5 Å². The van der Waals surface area contributed by atoms with Crippen molar-refractivity contribution in [1.29, 1.82) is 0 Å². The second-order valence-electron chi connectivity index (χ2n) is 6.93. The van der Waals surface area contributed by atoms with Crippen molar-refractivity contribution in [1.82, 2.24) is 5.32 Å². The molecular formula is C14H24N2O3. The summed E-state index contributed by atoms with van der Waals surface area (Å²) in [6.07, 6.45) is 3.07. The fraction of sp³-hybridized carbons (Fsp3) is 0.929. The van der Waals surface area contributed by atoms with Gasteiger partial charge in [0.1, 0.15) is 5.54 Å². The number of rotatable bonds is 2. The van der Waals surface area contributed by atoms with Crippen LogP contribution in [0.25, 0.3) is 0 Å². The second-order valence-corrected chi connectivity index (χ2v) is 6.93. The molecule has 2 saturated carbocycles. The van der Waals surface area contributed by atoms with Crippen LogP contribution in [0.15, 0.2) is 0 Å². The molecule has 108 valence electrons. The van der Waals surface area contributed by atoms with Crippen LogP contribution >= 0.6 is 0 Å². The van der Waals surface area contributed by atoms with Gasteiger partial charge >= 0.3 is 0 Å². The van der Waals surface area contributed by atoms with Gasteiger partial charge in [-0.2, -0.15) is 0 Å². The fourth-order valence-corrected chi connectivity index (χ4v) is 4.05. The Morgan fingerprint density at radius 2 is 2.11 bits per heavy atom. The summed E-state index contributed by atoms with van der Waals surface area (Å²) in [6, 6.07) is 0.0854. The average molecular weight is 268 g/mol. The van der Waals surface area contributed by atoms with Crippen molar-refractivity contribution in [2.24, 2.45) is 17.1 Å². The smallest absolute Gasteiger partial charge is 0.241 e. The third kappa shape index (κ3) is 1.68. The first-order chi connectivity index (χ1) is 8.87. The normalized spacial score (nSPS) is 47.6. The SMILES string of the molecule is CC1(C)C2OCCCC2C1(N)C(=O)NC1CC(O)C1.